The van der Waals surface area contributed by atoms with Crippen molar-refractivity contribution in [2.24, 2.45) is 5.73 Å². The molecule has 0 saturated carbocycles. The topological polar surface area (TPSA) is 26.0 Å². The lowest BCUT2D eigenvalue weighted by atomic mass is 9.98. The predicted octanol–water partition coefficient (Wildman–Crippen LogP) is 4.17. The maximum atomic E-state index is 13.7. The van der Waals surface area contributed by atoms with E-state index in [1.807, 2.05) is 6.92 Å². The Morgan fingerprint density at radius 2 is 1.89 bits per heavy atom. The molecule has 1 atom stereocenters. The van der Waals surface area contributed by atoms with Gasteiger partial charge in [0.1, 0.15) is 11.6 Å². The van der Waals surface area contributed by atoms with Gasteiger partial charge in [-0.1, -0.05) is 29.3 Å². The van der Waals surface area contributed by atoms with E-state index in [1.165, 1.54) is 24.3 Å². The standard InChI is InChI=1S/C15H14ClF2N/c1-9-2-5-14(18)12(6-9)15(19)8-10-7-11(17)3-4-13(10)16/h2-7,15H,8,19H2,1H3. The molecule has 0 amide bonds. The Bertz CT molecular complexity index is 599. The van der Waals surface area contributed by atoms with Gasteiger partial charge in [0.2, 0.25) is 0 Å². The van der Waals surface area contributed by atoms with Crippen LogP contribution in [0.5, 0.6) is 0 Å². The minimum atomic E-state index is -0.556. The molecule has 100 valence electrons. The molecule has 0 heterocycles. The highest BCUT2D eigenvalue weighted by Gasteiger charge is 2.14. The van der Waals surface area contributed by atoms with Gasteiger partial charge in [0.25, 0.3) is 0 Å². The molecule has 4 heteroatoms. The van der Waals surface area contributed by atoms with Crippen LogP contribution in [-0.4, -0.2) is 0 Å². The highest BCUT2D eigenvalue weighted by atomic mass is 35.5. The van der Waals surface area contributed by atoms with Gasteiger partial charge in [0.05, 0.1) is 0 Å². The number of nitrogens with two attached hydrogens (primary N) is 1. The predicted molar refractivity (Wildman–Crippen MR) is 73.2 cm³/mol. The smallest absolute Gasteiger partial charge is 0.128 e. The monoisotopic (exact) mass is 281 g/mol. The molecule has 2 aromatic rings. The van der Waals surface area contributed by atoms with Crippen molar-refractivity contribution in [1.82, 2.24) is 0 Å². The number of aryl methyl sites for hydroxylation is 1. The van der Waals surface area contributed by atoms with Gasteiger partial charge in [-0.2, -0.15) is 0 Å². The van der Waals surface area contributed by atoms with Crippen LogP contribution in [0.4, 0.5) is 8.78 Å². The summed E-state index contributed by atoms with van der Waals surface area (Å²) in [6.45, 7) is 1.87. The quantitative estimate of drug-likeness (QED) is 0.898. The van der Waals surface area contributed by atoms with Crippen molar-refractivity contribution in [2.45, 2.75) is 19.4 Å². The molecule has 19 heavy (non-hydrogen) atoms. The summed E-state index contributed by atoms with van der Waals surface area (Å²) in [5.41, 5.74) is 7.92. The van der Waals surface area contributed by atoms with Gasteiger partial charge in [0, 0.05) is 16.6 Å². The molecule has 0 aromatic heterocycles. The Labute approximate surface area is 116 Å². The lowest BCUT2D eigenvalue weighted by molar-refractivity contribution is 0.578. The van der Waals surface area contributed by atoms with E-state index >= 15 is 0 Å². The molecule has 0 aliphatic heterocycles. The molecule has 1 unspecified atom stereocenters. The summed E-state index contributed by atoms with van der Waals surface area (Å²) in [6, 6.07) is 8.30. The fourth-order valence-corrected chi connectivity index (χ4v) is 2.19. The summed E-state index contributed by atoms with van der Waals surface area (Å²) in [5, 5.41) is 0.435. The molecule has 2 aromatic carbocycles. The third-order valence-corrected chi connectivity index (χ3v) is 3.37. The van der Waals surface area contributed by atoms with Crippen LogP contribution in [-0.2, 0) is 6.42 Å². The summed E-state index contributed by atoms with van der Waals surface area (Å²) in [7, 11) is 0. The second-order valence-electron chi connectivity index (χ2n) is 4.57. The second kappa shape index (κ2) is 5.68. The normalized spacial score (nSPS) is 12.5. The first-order valence-corrected chi connectivity index (χ1v) is 6.30. The van der Waals surface area contributed by atoms with E-state index in [1.54, 1.807) is 12.1 Å². The average Bonchev–Trinajstić information content (AvgIpc) is 2.36. The molecule has 0 spiro atoms. The number of hydrogen-bond acceptors (Lipinski definition) is 1. The van der Waals surface area contributed by atoms with Crippen LogP contribution in [0.3, 0.4) is 0 Å². The lowest BCUT2D eigenvalue weighted by Gasteiger charge is -2.15. The van der Waals surface area contributed by atoms with Gasteiger partial charge in [-0.15, -0.1) is 0 Å². The van der Waals surface area contributed by atoms with Crippen molar-refractivity contribution in [3.05, 3.63) is 69.7 Å². The van der Waals surface area contributed by atoms with Crippen molar-refractivity contribution in [3.8, 4) is 0 Å². The lowest BCUT2D eigenvalue weighted by Crippen LogP contribution is -2.15. The first kappa shape index (κ1) is 14.0. The Hall–Kier alpha value is -1.45. The van der Waals surface area contributed by atoms with Crippen LogP contribution in [0.15, 0.2) is 36.4 Å². The molecule has 0 bridgehead atoms. The number of hydrogen-bond donors (Lipinski definition) is 1. The minimum absolute atomic E-state index is 0.289. The first-order chi connectivity index (χ1) is 8.97. The molecule has 1 nitrogen and oxygen atoms in total. The van der Waals surface area contributed by atoms with E-state index < -0.39 is 6.04 Å². The molecule has 0 fully saturated rings. The largest absolute Gasteiger partial charge is 0.324 e. The summed E-state index contributed by atoms with van der Waals surface area (Å²) in [5.74, 6) is -0.734. The van der Waals surface area contributed by atoms with Crippen molar-refractivity contribution in [2.75, 3.05) is 0 Å². The molecule has 2 rings (SSSR count). The third kappa shape index (κ3) is 3.31. The van der Waals surface area contributed by atoms with Crippen molar-refractivity contribution >= 4 is 11.6 Å². The highest BCUT2D eigenvalue weighted by molar-refractivity contribution is 6.31. The van der Waals surface area contributed by atoms with Gasteiger partial charge in [-0.25, -0.2) is 8.78 Å². The summed E-state index contributed by atoms with van der Waals surface area (Å²) < 4.78 is 26.9. The van der Waals surface area contributed by atoms with E-state index in [2.05, 4.69) is 0 Å². The van der Waals surface area contributed by atoms with E-state index in [0.29, 0.717) is 16.1 Å². The first-order valence-electron chi connectivity index (χ1n) is 5.93. The molecular formula is C15H14ClF2N. The van der Waals surface area contributed by atoms with Crippen LogP contribution in [0.1, 0.15) is 22.7 Å². The maximum Gasteiger partial charge on any atom is 0.128 e. The fraction of sp³-hybridized carbons (Fsp3) is 0.200. The highest BCUT2D eigenvalue weighted by Crippen LogP contribution is 2.25. The third-order valence-electron chi connectivity index (χ3n) is 3.00. The zero-order valence-electron chi connectivity index (χ0n) is 10.5. The SMILES string of the molecule is Cc1ccc(F)c(C(N)Cc2cc(F)ccc2Cl)c1. The van der Waals surface area contributed by atoms with Crippen LogP contribution in [0, 0.1) is 18.6 Å². The van der Waals surface area contributed by atoms with Crippen molar-refractivity contribution < 1.29 is 8.78 Å². The molecule has 0 radical (unpaired) electrons. The summed E-state index contributed by atoms with van der Waals surface area (Å²) in [6.07, 6.45) is 0.289. The number of halogens is 3. The molecule has 0 saturated heterocycles. The molecule has 0 aliphatic rings. The fourth-order valence-electron chi connectivity index (χ4n) is 1.99. The summed E-state index contributed by atoms with van der Waals surface area (Å²) in [4.78, 5) is 0. The Morgan fingerprint density at radius 3 is 2.63 bits per heavy atom. The minimum Gasteiger partial charge on any atom is -0.324 e. The molecule has 0 aliphatic carbocycles. The Balaban J connectivity index is 2.27. The van der Waals surface area contributed by atoms with E-state index in [-0.39, 0.29) is 18.1 Å². The van der Waals surface area contributed by atoms with Gasteiger partial charge >= 0.3 is 0 Å². The van der Waals surface area contributed by atoms with E-state index in [0.717, 1.165) is 5.56 Å². The average molecular weight is 282 g/mol. The molecular weight excluding hydrogens is 268 g/mol. The zero-order chi connectivity index (χ0) is 14.0. The summed E-state index contributed by atoms with van der Waals surface area (Å²) >= 11 is 5.98. The van der Waals surface area contributed by atoms with Gasteiger partial charge in [-0.3, -0.25) is 0 Å². The van der Waals surface area contributed by atoms with Gasteiger partial charge < -0.3 is 5.73 Å². The van der Waals surface area contributed by atoms with Crippen molar-refractivity contribution in [3.63, 3.8) is 0 Å². The van der Waals surface area contributed by atoms with Crippen molar-refractivity contribution in [1.29, 1.82) is 0 Å². The Morgan fingerprint density at radius 1 is 1.16 bits per heavy atom. The Kier molecular flexibility index (Phi) is 4.17. The van der Waals surface area contributed by atoms with Crippen LogP contribution in [0.25, 0.3) is 0 Å². The van der Waals surface area contributed by atoms with Gasteiger partial charge in [-0.05, 0) is 43.2 Å². The zero-order valence-corrected chi connectivity index (χ0v) is 11.2. The van der Waals surface area contributed by atoms with Crippen LogP contribution in [0.2, 0.25) is 5.02 Å². The van der Waals surface area contributed by atoms with E-state index in [9.17, 15) is 8.78 Å². The van der Waals surface area contributed by atoms with E-state index in [4.69, 9.17) is 17.3 Å². The van der Waals surface area contributed by atoms with Crippen LogP contribution < -0.4 is 5.73 Å². The number of benzene rings is 2. The van der Waals surface area contributed by atoms with Gasteiger partial charge in [0.15, 0.2) is 0 Å². The number of rotatable bonds is 3. The maximum absolute atomic E-state index is 13.7. The second-order valence-corrected chi connectivity index (χ2v) is 4.98. The van der Waals surface area contributed by atoms with Crippen LogP contribution >= 0.6 is 11.6 Å². The molecule has 2 N–H and O–H groups in total.